The van der Waals surface area contributed by atoms with Crippen molar-refractivity contribution < 1.29 is 0 Å². The topological polar surface area (TPSA) is 0 Å². The van der Waals surface area contributed by atoms with E-state index in [4.69, 9.17) is 0 Å². The Hall–Kier alpha value is -0.860. The van der Waals surface area contributed by atoms with Crippen molar-refractivity contribution in [2.24, 2.45) is 0 Å². The minimum Gasteiger partial charge on any atom is -0.0616 e. The Morgan fingerprint density at radius 3 is 1.05 bits per heavy atom. The molecule has 0 N–H and O–H groups in total. The number of hydrogen-bond acceptors (Lipinski definition) is 2. The van der Waals surface area contributed by atoms with E-state index in [1.807, 2.05) is 21.6 Å². The average Bonchev–Trinajstić information content (AvgIpc) is 2.58. The fourth-order valence-electron chi connectivity index (χ4n) is 2.69. The monoisotopic (exact) mass is 330 g/mol. The second-order valence-electron chi connectivity index (χ2n) is 5.39. The van der Waals surface area contributed by atoms with Gasteiger partial charge in [-0.05, 0) is 47.9 Å². The molecule has 0 unspecified atom stereocenters. The molecule has 0 nitrogen and oxygen atoms in total. The van der Waals surface area contributed by atoms with Gasteiger partial charge in [0.1, 0.15) is 0 Å². The molecule has 0 spiro atoms. The van der Waals surface area contributed by atoms with E-state index in [1.54, 1.807) is 0 Å². The summed E-state index contributed by atoms with van der Waals surface area (Å²) in [5.41, 5.74) is 5.90. The molecule has 0 aromatic heterocycles. The molecule has 2 rings (SSSR count). The normalized spacial score (nSPS) is 10.9. The quantitative estimate of drug-likeness (QED) is 0.516. The fraction of sp³-hybridized carbons (Fsp3) is 0.400. The Morgan fingerprint density at radius 2 is 0.818 bits per heavy atom. The molecule has 118 valence electrons. The molecule has 22 heavy (non-hydrogen) atoms. The molecule has 2 heteroatoms. The largest absolute Gasteiger partial charge is 0.0616 e. The molecule has 2 aromatic carbocycles. The van der Waals surface area contributed by atoms with Crippen molar-refractivity contribution in [2.45, 2.75) is 63.2 Å². The van der Waals surface area contributed by atoms with Gasteiger partial charge in [0.15, 0.2) is 0 Å². The highest BCUT2D eigenvalue weighted by molar-refractivity contribution is 8.76. The molecule has 0 atom stereocenters. The Bertz CT molecular complexity index is 517. The summed E-state index contributed by atoms with van der Waals surface area (Å²) in [6.07, 6.45) is 4.42. The smallest absolute Gasteiger partial charge is 0.0250 e. The lowest BCUT2D eigenvalue weighted by molar-refractivity contribution is 1.01. The summed E-state index contributed by atoms with van der Waals surface area (Å²) in [5.74, 6) is 0. The summed E-state index contributed by atoms with van der Waals surface area (Å²) in [4.78, 5) is 2.95. The zero-order valence-corrected chi connectivity index (χ0v) is 15.7. The van der Waals surface area contributed by atoms with Crippen LogP contribution in [0.4, 0.5) is 0 Å². The van der Waals surface area contributed by atoms with E-state index in [9.17, 15) is 0 Å². The van der Waals surface area contributed by atoms with Crippen LogP contribution in [0, 0.1) is 0 Å². The van der Waals surface area contributed by atoms with E-state index >= 15 is 0 Å². The highest BCUT2D eigenvalue weighted by Crippen LogP contribution is 2.44. The number of rotatable bonds is 7. The lowest BCUT2D eigenvalue weighted by Gasteiger charge is -2.15. The molecular weight excluding hydrogens is 304 g/mol. The van der Waals surface area contributed by atoms with Crippen LogP contribution in [0.1, 0.15) is 49.9 Å². The van der Waals surface area contributed by atoms with Crippen molar-refractivity contribution >= 4 is 21.6 Å². The number of aryl methyl sites for hydroxylation is 4. The van der Waals surface area contributed by atoms with Gasteiger partial charge in [-0.15, -0.1) is 0 Å². The number of hydrogen-bond donors (Lipinski definition) is 0. The highest BCUT2D eigenvalue weighted by Gasteiger charge is 2.12. The van der Waals surface area contributed by atoms with Crippen molar-refractivity contribution in [2.75, 3.05) is 0 Å². The van der Waals surface area contributed by atoms with Gasteiger partial charge in [-0.2, -0.15) is 0 Å². The maximum Gasteiger partial charge on any atom is 0.0250 e. The minimum absolute atomic E-state index is 1.10. The van der Waals surface area contributed by atoms with Crippen LogP contribution in [0.3, 0.4) is 0 Å². The predicted molar refractivity (Wildman–Crippen MR) is 102 cm³/mol. The van der Waals surface area contributed by atoms with Crippen LogP contribution >= 0.6 is 21.6 Å². The van der Waals surface area contributed by atoms with E-state index in [0.29, 0.717) is 0 Å². The van der Waals surface area contributed by atoms with Crippen LogP contribution in [-0.4, -0.2) is 0 Å². The lowest BCUT2D eigenvalue weighted by Crippen LogP contribution is -1.93. The van der Waals surface area contributed by atoms with Crippen molar-refractivity contribution in [3.63, 3.8) is 0 Å². The highest BCUT2D eigenvalue weighted by atomic mass is 33.1. The molecule has 0 aliphatic carbocycles. The van der Waals surface area contributed by atoms with Crippen LogP contribution in [0.5, 0.6) is 0 Å². The minimum atomic E-state index is 1.10. The first-order chi connectivity index (χ1) is 10.7. The summed E-state index contributed by atoms with van der Waals surface area (Å²) in [7, 11) is 3.90. The van der Waals surface area contributed by atoms with Crippen LogP contribution < -0.4 is 0 Å². The SMILES string of the molecule is CCc1cccc(CC)c1SSc1c(CC)cccc1CC. The van der Waals surface area contributed by atoms with Crippen LogP contribution in [-0.2, 0) is 25.7 Å². The third-order valence-electron chi connectivity index (χ3n) is 4.09. The molecule has 0 bridgehead atoms. The molecule has 0 amide bonds. The fourth-order valence-corrected chi connectivity index (χ4v) is 5.92. The molecule has 0 saturated carbocycles. The Morgan fingerprint density at radius 1 is 0.545 bits per heavy atom. The van der Waals surface area contributed by atoms with Crippen molar-refractivity contribution in [3.05, 3.63) is 58.7 Å². The molecule has 0 saturated heterocycles. The Kier molecular flexibility index (Phi) is 6.91. The van der Waals surface area contributed by atoms with E-state index in [2.05, 4.69) is 64.1 Å². The molecule has 0 aliphatic rings. The van der Waals surface area contributed by atoms with E-state index < -0.39 is 0 Å². The van der Waals surface area contributed by atoms with Crippen molar-refractivity contribution in [1.82, 2.24) is 0 Å². The van der Waals surface area contributed by atoms with Gasteiger partial charge in [-0.25, -0.2) is 0 Å². The molecule has 0 aliphatic heterocycles. The number of benzene rings is 2. The summed E-state index contributed by atoms with van der Waals surface area (Å²) < 4.78 is 0. The summed E-state index contributed by atoms with van der Waals surface area (Å²) in [6.45, 7) is 9.00. The van der Waals surface area contributed by atoms with Gasteiger partial charge in [-0.1, -0.05) is 85.7 Å². The third-order valence-corrected chi connectivity index (χ3v) is 6.80. The Balaban J connectivity index is 2.31. The Labute approximate surface area is 143 Å². The van der Waals surface area contributed by atoms with E-state index in [1.165, 1.54) is 32.0 Å². The zero-order valence-electron chi connectivity index (χ0n) is 14.1. The molecule has 0 heterocycles. The molecular formula is C20H26S2. The predicted octanol–water partition coefficient (Wildman–Crippen LogP) is 6.74. The van der Waals surface area contributed by atoms with Crippen LogP contribution in [0.25, 0.3) is 0 Å². The van der Waals surface area contributed by atoms with Gasteiger partial charge in [0, 0.05) is 9.79 Å². The molecule has 0 fully saturated rings. The summed E-state index contributed by atoms with van der Waals surface area (Å²) in [5, 5.41) is 0. The average molecular weight is 331 g/mol. The van der Waals surface area contributed by atoms with Crippen molar-refractivity contribution in [1.29, 1.82) is 0 Å². The van der Waals surface area contributed by atoms with Gasteiger partial charge < -0.3 is 0 Å². The third kappa shape index (κ3) is 3.91. The van der Waals surface area contributed by atoms with Gasteiger partial charge in [0.2, 0.25) is 0 Å². The second-order valence-corrected chi connectivity index (χ2v) is 7.54. The van der Waals surface area contributed by atoms with Crippen LogP contribution in [0.2, 0.25) is 0 Å². The summed E-state index contributed by atoms with van der Waals surface area (Å²) in [6, 6.07) is 13.5. The van der Waals surface area contributed by atoms with Gasteiger partial charge in [-0.3, -0.25) is 0 Å². The first-order valence-electron chi connectivity index (χ1n) is 8.31. The van der Waals surface area contributed by atoms with E-state index in [-0.39, 0.29) is 0 Å². The summed E-state index contributed by atoms with van der Waals surface area (Å²) >= 11 is 0. The van der Waals surface area contributed by atoms with Gasteiger partial charge in [0.25, 0.3) is 0 Å². The molecule has 0 radical (unpaired) electrons. The maximum absolute atomic E-state index is 2.27. The van der Waals surface area contributed by atoms with Crippen molar-refractivity contribution in [3.8, 4) is 0 Å². The van der Waals surface area contributed by atoms with Crippen LogP contribution in [0.15, 0.2) is 46.2 Å². The first kappa shape index (κ1) is 17.5. The van der Waals surface area contributed by atoms with E-state index in [0.717, 1.165) is 25.7 Å². The standard InChI is InChI=1S/C20H26S2/c1-5-15-11-9-12-16(6-2)19(15)21-22-20-17(7-3)13-10-14-18(20)8-4/h9-14H,5-8H2,1-4H3. The molecule has 2 aromatic rings. The van der Waals surface area contributed by atoms with Gasteiger partial charge >= 0.3 is 0 Å². The van der Waals surface area contributed by atoms with Gasteiger partial charge in [0.05, 0.1) is 0 Å². The maximum atomic E-state index is 2.27. The lowest BCUT2D eigenvalue weighted by atomic mass is 10.1. The zero-order chi connectivity index (χ0) is 15.9. The first-order valence-corrected chi connectivity index (χ1v) is 10.5. The second kappa shape index (κ2) is 8.69.